The summed E-state index contributed by atoms with van der Waals surface area (Å²) in [6.07, 6.45) is 0.451. The molecule has 0 radical (unpaired) electrons. The topological polar surface area (TPSA) is 50.8 Å². The average Bonchev–Trinajstić information content (AvgIpc) is 2.99. The summed E-state index contributed by atoms with van der Waals surface area (Å²) in [4.78, 5) is 14.2. The van der Waals surface area contributed by atoms with Crippen LogP contribution in [-0.4, -0.2) is 49.7 Å². The molecule has 1 saturated heterocycles. The van der Waals surface area contributed by atoms with Crippen LogP contribution < -0.4 is 14.8 Å². The maximum Gasteiger partial charge on any atom is 0.267 e. The second-order valence-electron chi connectivity index (χ2n) is 4.96. The van der Waals surface area contributed by atoms with E-state index in [1.807, 2.05) is 31.3 Å². The standard InChI is InChI=1S/C14H18N2O3/c1-16(10-6-7-15-8-10)14(17)13-9-18-11-4-2-3-5-12(11)19-13/h2-5,10,13,15H,6-9H2,1H3/t10-,13+/m1/s1. The summed E-state index contributed by atoms with van der Waals surface area (Å²) < 4.78 is 11.3. The Morgan fingerprint density at radius 2 is 2.16 bits per heavy atom. The normalized spacial score (nSPS) is 25.1. The van der Waals surface area contributed by atoms with Crippen molar-refractivity contribution in [2.24, 2.45) is 0 Å². The van der Waals surface area contributed by atoms with Gasteiger partial charge in [0.15, 0.2) is 11.5 Å². The van der Waals surface area contributed by atoms with Crippen molar-refractivity contribution in [2.45, 2.75) is 18.6 Å². The third-order valence-corrected chi connectivity index (χ3v) is 3.71. The summed E-state index contributed by atoms with van der Waals surface area (Å²) in [7, 11) is 1.84. The molecule has 1 N–H and O–H groups in total. The van der Waals surface area contributed by atoms with Crippen LogP contribution in [0, 0.1) is 0 Å². The Morgan fingerprint density at radius 3 is 2.89 bits per heavy atom. The molecule has 5 nitrogen and oxygen atoms in total. The molecule has 0 aromatic heterocycles. The minimum Gasteiger partial charge on any atom is -0.485 e. The highest BCUT2D eigenvalue weighted by Gasteiger charge is 2.33. The van der Waals surface area contributed by atoms with E-state index in [9.17, 15) is 4.79 Å². The molecule has 0 bridgehead atoms. The van der Waals surface area contributed by atoms with Crippen LogP contribution in [0.1, 0.15) is 6.42 Å². The lowest BCUT2D eigenvalue weighted by Crippen LogP contribution is -2.49. The number of carbonyl (C=O) groups excluding carboxylic acids is 1. The van der Waals surface area contributed by atoms with Crippen molar-refractivity contribution in [3.8, 4) is 11.5 Å². The zero-order valence-electron chi connectivity index (χ0n) is 11.0. The van der Waals surface area contributed by atoms with Gasteiger partial charge in [-0.15, -0.1) is 0 Å². The quantitative estimate of drug-likeness (QED) is 0.850. The Kier molecular flexibility index (Phi) is 3.29. The molecule has 2 atom stereocenters. The molecule has 1 aromatic rings. The van der Waals surface area contributed by atoms with Gasteiger partial charge in [0.25, 0.3) is 5.91 Å². The Bertz CT molecular complexity index is 472. The van der Waals surface area contributed by atoms with E-state index in [-0.39, 0.29) is 18.6 Å². The van der Waals surface area contributed by atoms with Crippen LogP contribution in [0.25, 0.3) is 0 Å². The number of nitrogens with zero attached hydrogens (tertiary/aromatic N) is 1. The second kappa shape index (κ2) is 5.09. The van der Waals surface area contributed by atoms with Gasteiger partial charge in [-0.3, -0.25) is 4.79 Å². The molecule has 2 aliphatic heterocycles. The number of hydrogen-bond acceptors (Lipinski definition) is 4. The van der Waals surface area contributed by atoms with Crippen molar-refractivity contribution >= 4 is 5.91 Å². The van der Waals surface area contributed by atoms with Crippen molar-refractivity contribution in [3.63, 3.8) is 0 Å². The summed E-state index contributed by atoms with van der Waals surface area (Å²) in [6.45, 7) is 2.10. The molecule has 0 spiro atoms. The largest absolute Gasteiger partial charge is 0.485 e. The number of para-hydroxylation sites is 2. The third kappa shape index (κ3) is 2.38. The maximum absolute atomic E-state index is 12.4. The minimum atomic E-state index is -0.541. The Balaban J connectivity index is 1.68. The smallest absolute Gasteiger partial charge is 0.267 e. The number of amides is 1. The van der Waals surface area contributed by atoms with Crippen molar-refractivity contribution in [2.75, 3.05) is 26.7 Å². The van der Waals surface area contributed by atoms with E-state index in [2.05, 4.69) is 5.32 Å². The first-order valence-electron chi connectivity index (χ1n) is 6.61. The molecular weight excluding hydrogens is 244 g/mol. The van der Waals surface area contributed by atoms with E-state index in [4.69, 9.17) is 9.47 Å². The van der Waals surface area contributed by atoms with E-state index < -0.39 is 6.10 Å². The van der Waals surface area contributed by atoms with E-state index >= 15 is 0 Å². The van der Waals surface area contributed by atoms with Crippen LogP contribution in [0.15, 0.2) is 24.3 Å². The van der Waals surface area contributed by atoms with Gasteiger partial charge in [0, 0.05) is 19.6 Å². The van der Waals surface area contributed by atoms with Gasteiger partial charge in [0.2, 0.25) is 6.10 Å². The van der Waals surface area contributed by atoms with E-state index in [1.54, 1.807) is 4.90 Å². The van der Waals surface area contributed by atoms with Crippen LogP contribution in [0.5, 0.6) is 11.5 Å². The molecule has 1 amide bonds. The van der Waals surface area contributed by atoms with E-state index in [0.29, 0.717) is 11.5 Å². The molecule has 2 aliphatic rings. The van der Waals surface area contributed by atoms with Crippen LogP contribution in [0.3, 0.4) is 0 Å². The third-order valence-electron chi connectivity index (χ3n) is 3.71. The Hall–Kier alpha value is -1.75. The molecule has 0 aliphatic carbocycles. The zero-order valence-corrected chi connectivity index (χ0v) is 11.0. The monoisotopic (exact) mass is 262 g/mol. The molecule has 1 aromatic carbocycles. The Labute approximate surface area is 112 Å². The summed E-state index contributed by atoms with van der Waals surface area (Å²) in [5.41, 5.74) is 0. The molecule has 5 heteroatoms. The number of hydrogen-bond donors (Lipinski definition) is 1. The van der Waals surface area contributed by atoms with Gasteiger partial charge < -0.3 is 19.7 Å². The minimum absolute atomic E-state index is 0.0109. The van der Waals surface area contributed by atoms with Crippen LogP contribution >= 0.6 is 0 Å². The van der Waals surface area contributed by atoms with E-state index in [0.717, 1.165) is 19.5 Å². The van der Waals surface area contributed by atoms with Gasteiger partial charge in [-0.1, -0.05) is 12.1 Å². The van der Waals surface area contributed by atoms with Gasteiger partial charge in [-0.2, -0.15) is 0 Å². The molecule has 1 fully saturated rings. The summed E-state index contributed by atoms with van der Waals surface area (Å²) in [6, 6.07) is 7.70. The predicted molar refractivity (Wildman–Crippen MR) is 70.4 cm³/mol. The number of benzene rings is 1. The highest BCUT2D eigenvalue weighted by Crippen LogP contribution is 2.31. The van der Waals surface area contributed by atoms with Crippen LogP contribution in [-0.2, 0) is 4.79 Å². The molecule has 19 heavy (non-hydrogen) atoms. The van der Waals surface area contributed by atoms with Crippen molar-refractivity contribution in [3.05, 3.63) is 24.3 Å². The number of rotatable bonds is 2. The van der Waals surface area contributed by atoms with Crippen molar-refractivity contribution < 1.29 is 14.3 Å². The molecule has 2 heterocycles. The summed E-state index contributed by atoms with van der Waals surface area (Å²) >= 11 is 0. The average molecular weight is 262 g/mol. The van der Waals surface area contributed by atoms with Gasteiger partial charge in [0.1, 0.15) is 6.61 Å². The Morgan fingerprint density at radius 1 is 1.37 bits per heavy atom. The van der Waals surface area contributed by atoms with Gasteiger partial charge in [0.05, 0.1) is 0 Å². The van der Waals surface area contributed by atoms with Crippen LogP contribution in [0.4, 0.5) is 0 Å². The fraction of sp³-hybridized carbons (Fsp3) is 0.500. The second-order valence-corrected chi connectivity index (χ2v) is 4.96. The fourth-order valence-corrected chi connectivity index (χ4v) is 2.52. The molecular formula is C14H18N2O3. The van der Waals surface area contributed by atoms with E-state index in [1.165, 1.54) is 0 Å². The summed E-state index contributed by atoms with van der Waals surface area (Å²) in [5, 5.41) is 3.26. The highest BCUT2D eigenvalue weighted by atomic mass is 16.6. The lowest BCUT2D eigenvalue weighted by Gasteiger charge is -2.31. The van der Waals surface area contributed by atoms with Gasteiger partial charge in [-0.25, -0.2) is 0 Å². The number of fused-ring (bicyclic) bond motifs is 1. The molecule has 102 valence electrons. The van der Waals surface area contributed by atoms with Crippen molar-refractivity contribution in [1.29, 1.82) is 0 Å². The SMILES string of the molecule is CN(C(=O)[C@@H]1COc2ccccc2O1)[C@@H]1CCNC1. The first kappa shape index (κ1) is 12.3. The fourth-order valence-electron chi connectivity index (χ4n) is 2.52. The highest BCUT2D eigenvalue weighted by molar-refractivity contribution is 5.82. The lowest BCUT2D eigenvalue weighted by molar-refractivity contribution is -0.141. The summed E-state index contributed by atoms with van der Waals surface area (Å²) in [5.74, 6) is 1.34. The number of ether oxygens (including phenoxy) is 2. The first-order chi connectivity index (χ1) is 9.25. The van der Waals surface area contributed by atoms with Gasteiger partial charge in [-0.05, 0) is 25.1 Å². The maximum atomic E-state index is 12.4. The lowest BCUT2D eigenvalue weighted by atomic mass is 10.2. The number of carbonyl (C=O) groups is 1. The zero-order chi connectivity index (χ0) is 13.2. The van der Waals surface area contributed by atoms with Crippen LogP contribution in [0.2, 0.25) is 0 Å². The number of nitrogens with one attached hydrogen (secondary N) is 1. The number of likely N-dealkylation sites (N-methyl/N-ethyl adjacent to an activating group) is 1. The first-order valence-corrected chi connectivity index (χ1v) is 6.61. The predicted octanol–water partition coefficient (Wildman–Crippen LogP) is 0.647. The van der Waals surface area contributed by atoms with Gasteiger partial charge >= 0.3 is 0 Å². The molecule has 0 saturated carbocycles. The molecule has 0 unspecified atom stereocenters. The molecule has 3 rings (SSSR count). The van der Waals surface area contributed by atoms with Crippen molar-refractivity contribution in [1.82, 2.24) is 10.2 Å².